The summed E-state index contributed by atoms with van der Waals surface area (Å²) in [4.78, 5) is 51.3. The third-order valence-electron chi connectivity index (χ3n) is 6.20. The average Bonchev–Trinajstić information content (AvgIpc) is 3.28. The number of esters is 1. The van der Waals surface area contributed by atoms with E-state index in [-0.39, 0.29) is 45.9 Å². The van der Waals surface area contributed by atoms with E-state index in [0.29, 0.717) is 12.1 Å². The number of amides is 1. The number of ether oxygens (including phenoxy) is 1. The molecule has 1 fully saturated rings. The van der Waals surface area contributed by atoms with Crippen LogP contribution >= 0.6 is 0 Å². The fourth-order valence-electron chi connectivity index (χ4n) is 4.39. The van der Waals surface area contributed by atoms with Crippen LogP contribution in [0.25, 0.3) is 0 Å². The lowest BCUT2D eigenvalue weighted by Crippen LogP contribution is -2.44. The molecule has 182 valence electrons. The van der Waals surface area contributed by atoms with E-state index in [9.17, 15) is 34.5 Å². The molecule has 0 radical (unpaired) electrons. The smallest absolute Gasteiger partial charge is 0.338 e. The summed E-state index contributed by atoms with van der Waals surface area (Å²) in [5.74, 6) is -3.57. The maximum Gasteiger partial charge on any atom is 0.338 e. The van der Waals surface area contributed by atoms with E-state index in [1.807, 2.05) is 0 Å². The molecule has 36 heavy (non-hydrogen) atoms. The first kappa shape index (κ1) is 23.1. The SMILES string of the molecule is O=C(N[C@@H]1CNC[C@H]1OC(=O)c1cc(O)c2c(c1)C(=O)c1cccc(O)c1C2=O)c1ccc(O)cc1. The van der Waals surface area contributed by atoms with Gasteiger partial charge in [-0.3, -0.25) is 14.4 Å². The van der Waals surface area contributed by atoms with Crippen molar-refractivity contribution in [3.8, 4) is 17.2 Å². The van der Waals surface area contributed by atoms with Gasteiger partial charge in [0.2, 0.25) is 5.78 Å². The predicted octanol–water partition coefficient (Wildman–Crippen LogP) is 1.51. The minimum absolute atomic E-state index is 0.0228. The molecule has 0 unspecified atom stereocenters. The highest BCUT2D eigenvalue weighted by Crippen LogP contribution is 2.37. The van der Waals surface area contributed by atoms with E-state index in [4.69, 9.17) is 4.74 Å². The van der Waals surface area contributed by atoms with Crippen LogP contribution in [0.2, 0.25) is 0 Å². The summed E-state index contributed by atoms with van der Waals surface area (Å²) < 4.78 is 5.56. The topological polar surface area (TPSA) is 162 Å². The molecule has 10 heteroatoms. The zero-order chi connectivity index (χ0) is 25.6. The van der Waals surface area contributed by atoms with Crippen LogP contribution in [0.1, 0.15) is 52.6 Å². The number of benzene rings is 3. The second-order valence-corrected chi connectivity index (χ2v) is 8.50. The Kier molecular flexibility index (Phi) is 5.65. The molecule has 1 aliphatic carbocycles. The monoisotopic (exact) mass is 488 g/mol. The predicted molar refractivity (Wildman–Crippen MR) is 125 cm³/mol. The lowest BCUT2D eigenvalue weighted by Gasteiger charge is -2.22. The van der Waals surface area contributed by atoms with Gasteiger partial charge < -0.3 is 30.7 Å². The molecule has 2 aliphatic rings. The largest absolute Gasteiger partial charge is 0.508 e. The van der Waals surface area contributed by atoms with Crippen LogP contribution in [0.3, 0.4) is 0 Å². The van der Waals surface area contributed by atoms with Crippen molar-refractivity contribution in [3.63, 3.8) is 0 Å². The number of phenolic OH excluding ortho intramolecular Hbond substituents is 3. The minimum atomic E-state index is -0.854. The number of hydrogen-bond acceptors (Lipinski definition) is 9. The Morgan fingerprint density at radius 2 is 1.56 bits per heavy atom. The van der Waals surface area contributed by atoms with Gasteiger partial charge in [0, 0.05) is 29.8 Å². The van der Waals surface area contributed by atoms with Crippen molar-refractivity contribution >= 4 is 23.4 Å². The van der Waals surface area contributed by atoms with Crippen LogP contribution in [-0.4, -0.2) is 64.0 Å². The number of hydrogen-bond donors (Lipinski definition) is 5. The number of ketones is 2. The van der Waals surface area contributed by atoms with Crippen molar-refractivity contribution in [1.29, 1.82) is 0 Å². The lowest BCUT2D eigenvalue weighted by atomic mass is 9.82. The van der Waals surface area contributed by atoms with Crippen molar-refractivity contribution < 1.29 is 39.2 Å². The maximum atomic E-state index is 13.0. The molecule has 2 atom stereocenters. The molecule has 3 aromatic carbocycles. The molecule has 10 nitrogen and oxygen atoms in total. The van der Waals surface area contributed by atoms with Crippen LogP contribution < -0.4 is 10.6 Å². The van der Waals surface area contributed by atoms with Gasteiger partial charge >= 0.3 is 5.97 Å². The second-order valence-electron chi connectivity index (χ2n) is 8.50. The van der Waals surface area contributed by atoms with Crippen molar-refractivity contribution in [2.24, 2.45) is 0 Å². The molecule has 1 amide bonds. The number of phenols is 3. The van der Waals surface area contributed by atoms with Crippen molar-refractivity contribution in [1.82, 2.24) is 10.6 Å². The number of aromatic hydroxyl groups is 3. The number of carbonyl (C=O) groups excluding carboxylic acids is 4. The highest BCUT2D eigenvalue weighted by molar-refractivity contribution is 6.30. The first-order valence-electron chi connectivity index (χ1n) is 11.0. The van der Waals surface area contributed by atoms with E-state index < -0.39 is 41.3 Å². The van der Waals surface area contributed by atoms with E-state index in [1.54, 1.807) is 0 Å². The Bertz CT molecular complexity index is 1430. The zero-order valence-corrected chi connectivity index (χ0v) is 18.6. The summed E-state index contributed by atoms with van der Waals surface area (Å²) in [6.07, 6.45) is -0.744. The Hall–Kier alpha value is -4.70. The van der Waals surface area contributed by atoms with E-state index >= 15 is 0 Å². The number of nitrogens with one attached hydrogen (secondary N) is 2. The molecule has 1 heterocycles. The normalized spacial score (nSPS) is 18.3. The van der Waals surface area contributed by atoms with Crippen molar-refractivity contribution in [2.75, 3.05) is 13.1 Å². The molecule has 5 N–H and O–H groups in total. The Labute approximate surface area is 204 Å². The van der Waals surface area contributed by atoms with E-state index in [1.165, 1.54) is 48.5 Å². The number of fused-ring (bicyclic) bond motifs is 2. The van der Waals surface area contributed by atoms with E-state index in [2.05, 4.69) is 10.6 Å². The number of carbonyl (C=O) groups is 4. The van der Waals surface area contributed by atoms with Gasteiger partial charge in [0.25, 0.3) is 5.91 Å². The highest BCUT2D eigenvalue weighted by Gasteiger charge is 2.36. The van der Waals surface area contributed by atoms with Crippen LogP contribution in [-0.2, 0) is 4.74 Å². The third kappa shape index (κ3) is 3.93. The zero-order valence-electron chi connectivity index (χ0n) is 18.6. The quantitative estimate of drug-likeness (QED) is 0.268. The maximum absolute atomic E-state index is 13.0. The highest BCUT2D eigenvalue weighted by atomic mass is 16.5. The van der Waals surface area contributed by atoms with E-state index in [0.717, 1.165) is 6.07 Å². The molecular formula is C26H20N2O8. The van der Waals surface area contributed by atoms with Crippen LogP contribution in [0.5, 0.6) is 17.2 Å². The molecule has 0 spiro atoms. The summed E-state index contributed by atoms with van der Waals surface area (Å²) >= 11 is 0. The molecule has 0 saturated carbocycles. The minimum Gasteiger partial charge on any atom is -0.508 e. The van der Waals surface area contributed by atoms with Crippen LogP contribution in [0.15, 0.2) is 54.6 Å². The molecule has 0 bridgehead atoms. The summed E-state index contributed by atoms with van der Waals surface area (Å²) in [5, 5.41) is 35.8. The van der Waals surface area contributed by atoms with Gasteiger partial charge in [-0.2, -0.15) is 0 Å². The molecule has 0 aromatic heterocycles. The standard InChI is InChI=1S/C26H20N2O8/c29-14-6-4-12(5-7-14)25(34)28-17-10-27-11-20(17)36-26(35)13-8-16-22(19(31)9-13)24(33)21-15(23(16)32)2-1-3-18(21)30/h1-9,17,20,27,29-31H,10-11H2,(H,28,34)/t17-,20-/m1/s1. The van der Waals surface area contributed by atoms with Gasteiger partial charge in [-0.1, -0.05) is 12.1 Å². The van der Waals surface area contributed by atoms with Crippen molar-refractivity contribution in [2.45, 2.75) is 12.1 Å². The van der Waals surface area contributed by atoms with Gasteiger partial charge in [0.1, 0.15) is 23.4 Å². The molecular weight excluding hydrogens is 468 g/mol. The summed E-state index contributed by atoms with van der Waals surface area (Å²) in [6.45, 7) is 0.595. The molecule has 1 saturated heterocycles. The fraction of sp³-hybridized carbons (Fsp3) is 0.154. The van der Waals surface area contributed by atoms with Gasteiger partial charge in [0.05, 0.1) is 22.7 Å². The molecule has 3 aromatic rings. The van der Waals surface area contributed by atoms with Crippen LogP contribution in [0, 0.1) is 0 Å². The average molecular weight is 488 g/mol. The van der Waals surface area contributed by atoms with Gasteiger partial charge in [-0.05, 0) is 42.5 Å². The van der Waals surface area contributed by atoms with Gasteiger partial charge in [-0.15, -0.1) is 0 Å². The van der Waals surface area contributed by atoms with Gasteiger partial charge in [-0.25, -0.2) is 4.79 Å². The lowest BCUT2D eigenvalue weighted by molar-refractivity contribution is 0.0283. The number of rotatable bonds is 4. The first-order chi connectivity index (χ1) is 17.2. The van der Waals surface area contributed by atoms with Crippen molar-refractivity contribution in [3.05, 3.63) is 88.0 Å². The van der Waals surface area contributed by atoms with Gasteiger partial charge in [0.15, 0.2) is 5.78 Å². The Morgan fingerprint density at radius 3 is 2.31 bits per heavy atom. The molecule has 5 rings (SSSR count). The third-order valence-corrected chi connectivity index (χ3v) is 6.20. The Balaban J connectivity index is 1.36. The summed E-state index contributed by atoms with van der Waals surface area (Å²) in [6, 6.07) is 11.4. The fourth-order valence-corrected chi connectivity index (χ4v) is 4.39. The van der Waals surface area contributed by atoms with Crippen LogP contribution in [0.4, 0.5) is 0 Å². The second kappa shape index (κ2) is 8.82. The molecule has 1 aliphatic heterocycles. The first-order valence-corrected chi connectivity index (χ1v) is 11.0. The Morgan fingerprint density at radius 1 is 0.833 bits per heavy atom. The summed E-state index contributed by atoms with van der Waals surface area (Å²) in [7, 11) is 0. The summed E-state index contributed by atoms with van der Waals surface area (Å²) in [5.41, 5.74) is -0.538.